The second-order valence-electron chi connectivity index (χ2n) is 4.37. The van der Waals surface area contributed by atoms with E-state index in [0.29, 0.717) is 6.54 Å². The van der Waals surface area contributed by atoms with Gasteiger partial charge in [0.1, 0.15) is 4.70 Å². The molecule has 0 unspecified atom stereocenters. The number of anilines is 1. The van der Waals surface area contributed by atoms with Crippen LogP contribution in [0.4, 0.5) is 5.69 Å². The third kappa shape index (κ3) is 2.37. The van der Waals surface area contributed by atoms with Crippen LogP contribution in [-0.4, -0.2) is 9.55 Å². The number of nitrogen functional groups attached to an aromatic ring is 1. The van der Waals surface area contributed by atoms with Crippen LogP contribution in [0.3, 0.4) is 0 Å². The van der Waals surface area contributed by atoms with E-state index in [9.17, 15) is 4.79 Å². The number of hydrogen-bond acceptors (Lipinski definition) is 4. The fourth-order valence-electron chi connectivity index (χ4n) is 1.97. The van der Waals surface area contributed by atoms with Crippen molar-refractivity contribution < 1.29 is 0 Å². The zero-order chi connectivity index (χ0) is 13.2. The molecular formula is C14H13N3OS. The lowest BCUT2D eigenvalue weighted by Crippen LogP contribution is -2.20. The first-order valence-electron chi connectivity index (χ1n) is 6.01. The van der Waals surface area contributed by atoms with Gasteiger partial charge in [-0.1, -0.05) is 12.1 Å². The van der Waals surface area contributed by atoms with Crippen molar-refractivity contribution in [2.45, 2.75) is 13.0 Å². The van der Waals surface area contributed by atoms with E-state index >= 15 is 0 Å². The van der Waals surface area contributed by atoms with Crippen molar-refractivity contribution in [1.29, 1.82) is 0 Å². The molecule has 1 aromatic carbocycles. The van der Waals surface area contributed by atoms with Gasteiger partial charge in [0, 0.05) is 12.2 Å². The molecule has 3 rings (SSSR count). The van der Waals surface area contributed by atoms with Crippen molar-refractivity contribution in [3.8, 4) is 0 Å². The first kappa shape index (κ1) is 11.9. The van der Waals surface area contributed by atoms with Crippen LogP contribution in [-0.2, 0) is 13.0 Å². The molecule has 0 fully saturated rings. The van der Waals surface area contributed by atoms with Crippen molar-refractivity contribution in [3.63, 3.8) is 0 Å². The van der Waals surface area contributed by atoms with Crippen LogP contribution in [0.15, 0.2) is 46.8 Å². The number of fused-ring (bicyclic) bond motifs is 1. The predicted molar refractivity (Wildman–Crippen MR) is 78.4 cm³/mol. The van der Waals surface area contributed by atoms with Crippen LogP contribution in [0, 0.1) is 0 Å². The van der Waals surface area contributed by atoms with Gasteiger partial charge in [0.05, 0.1) is 11.8 Å². The maximum absolute atomic E-state index is 12.2. The van der Waals surface area contributed by atoms with Crippen molar-refractivity contribution >= 4 is 27.2 Å². The highest BCUT2D eigenvalue weighted by molar-refractivity contribution is 7.17. The normalized spacial score (nSPS) is 10.9. The average molecular weight is 271 g/mol. The van der Waals surface area contributed by atoms with Crippen molar-refractivity contribution in [2.24, 2.45) is 0 Å². The molecule has 0 bridgehead atoms. The van der Waals surface area contributed by atoms with Gasteiger partial charge in [0.25, 0.3) is 5.56 Å². The van der Waals surface area contributed by atoms with E-state index in [1.54, 1.807) is 10.9 Å². The summed E-state index contributed by atoms with van der Waals surface area (Å²) in [5, 5.41) is 1.89. The number of rotatable bonds is 3. The molecule has 0 saturated heterocycles. The average Bonchev–Trinajstić information content (AvgIpc) is 2.89. The Bertz CT molecular complexity index is 758. The predicted octanol–water partition coefficient (Wildman–Crippen LogP) is 2.28. The Morgan fingerprint density at radius 2 is 2.00 bits per heavy atom. The zero-order valence-corrected chi connectivity index (χ0v) is 11.1. The lowest BCUT2D eigenvalue weighted by atomic mass is 10.1. The summed E-state index contributed by atoms with van der Waals surface area (Å²) in [5.74, 6) is 0. The number of aromatic nitrogens is 2. The van der Waals surface area contributed by atoms with E-state index in [2.05, 4.69) is 4.98 Å². The number of hydrogen-bond donors (Lipinski definition) is 1. The van der Waals surface area contributed by atoms with Crippen LogP contribution in [0.5, 0.6) is 0 Å². The topological polar surface area (TPSA) is 60.9 Å². The molecule has 4 nitrogen and oxygen atoms in total. The van der Waals surface area contributed by atoms with Crippen molar-refractivity contribution in [1.82, 2.24) is 9.55 Å². The minimum Gasteiger partial charge on any atom is -0.399 e. The van der Waals surface area contributed by atoms with Crippen molar-refractivity contribution in [2.75, 3.05) is 5.73 Å². The third-order valence-electron chi connectivity index (χ3n) is 3.06. The molecular weight excluding hydrogens is 258 g/mol. The summed E-state index contributed by atoms with van der Waals surface area (Å²) in [6, 6.07) is 9.58. The minimum absolute atomic E-state index is 0.0374. The summed E-state index contributed by atoms with van der Waals surface area (Å²) < 4.78 is 2.38. The van der Waals surface area contributed by atoms with Gasteiger partial charge >= 0.3 is 0 Å². The molecule has 2 N–H and O–H groups in total. The summed E-state index contributed by atoms with van der Waals surface area (Å²) in [6.45, 7) is 0.629. The Balaban J connectivity index is 1.83. The maximum Gasteiger partial charge on any atom is 0.271 e. The minimum atomic E-state index is 0.0374. The number of aryl methyl sites for hydroxylation is 2. The molecule has 96 valence electrons. The van der Waals surface area contributed by atoms with Crippen LogP contribution >= 0.6 is 11.3 Å². The second kappa shape index (κ2) is 4.85. The zero-order valence-electron chi connectivity index (χ0n) is 10.2. The summed E-state index contributed by atoms with van der Waals surface area (Å²) in [5.41, 5.74) is 8.37. The fraction of sp³-hybridized carbons (Fsp3) is 0.143. The van der Waals surface area contributed by atoms with Crippen LogP contribution in [0.2, 0.25) is 0 Å². The van der Waals surface area contributed by atoms with E-state index in [1.807, 2.05) is 35.7 Å². The summed E-state index contributed by atoms with van der Waals surface area (Å²) in [6.07, 6.45) is 2.41. The second-order valence-corrected chi connectivity index (χ2v) is 5.29. The fourth-order valence-corrected chi connectivity index (χ4v) is 2.76. The summed E-state index contributed by atoms with van der Waals surface area (Å²) >= 11 is 1.44. The lowest BCUT2D eigenvalue weighted by molar-refractivity contribution is 0.663. The molecule has 5 heteroatoms. The van der Waals surface area contributed by atoms with Gasteiger partial charge in [-0.25, -0.2) is 4.98 Å². The van der Waals surface area contributed by atoms with Gasteiger partial charge in [0.2, 0.25) is 0 Å². The molecule has 0 aliphatic heterocycles. The Hall–Kier alpha value is -2.14. The van der Waals surface area contributed by atoms with E-state index in [0.717, 1.165) is 27.9 Å². The molecule has 3 aromatic rings. The largest absolute Gasteiger partial charge is 0.399 e. The number of nitrogens with two attached hydrogens (primary N) is 1. The Morgan fingerprint density at radius 1 is 1.21 bits per heavy atom. The molecule has 2 aromatic heterocycles. The molecule has 0 aliphatic rings. The summed E-state index contributed by atoms with van der Waals surface area (Å²) in [4.78, 5) is 16.5. The van der Waals surface area contributed by atoms with E-state index in [-0.39, 0.29) is 5.56 Å². The van der Waals surface area contributed by atoms with E-state index in [4.69, 9.17) is 5.73 Å². The van der Waals surface area contributed by atoms with Gasteiger partial charge < -0.3 is 5.73 Å². The van der Waals surface area contributed by atoms with Gasteiger partial charge in [-0.15, -0.1) is 11.3 Å². The molecule has 0 radical (unpaired) electrons. The Labute approximate surface area is 114 Å². The Kier molecular flexibility index (Phi) is 3.05. The highest BCUT2D eigenvalue weighted by Gasteiger charge is 2.05. The van der Waals surface area contributed by atoms with Crippen LogP contribution in [0.1, 0.15) is 5.56 Å². The highest BCUT2D eigenvalue weighted by atomic mass is 32.1. The first-order chi connectivity index (χ1) is 9.24. The molecule has 0 spiro atoms. The lowest BCUT2D eigenvalue weighted by Gasteiger charge is -2.05. The molecule has 19 heavy (non-hydrogen) atoms. The number of nitrogens with zero attached hydrogens (tertiary/aromatic N) is 2. The first-order valence-corrected chi connectivity index (χ1v) is 6.89. The molecule has 0 amide bonds. The summed E-state index contributed by atoms with van der Waals surface area (Å²) in [7, 11) is 0. The van der Waals surface area contributed by atoms with Crippen LogP contribution < -0.4 is 11.3 Å². The molecule has 2 heterocycles. The van der Waals surface area contributed by atoms with Crippen LogP contribution in [0.25, 0.3) is 10.2 Å². The molecule has 0 saturated carbocycles. The van der Waals surface area contributed by atoms with E-state index < -0.39 is 0 Å². The molecule has 0 aliphatic carbocycles. The quantitative estimate of drug-likeness (QED) is 0.743. The molecule has 0 atom stereocenters. The Morgan fingerprint density at radius 3 is 2.79 bits per heavy atom. The smallest absolute Gasteiger partial charge is 0.271 e. The highest BCUT2D eigenvalue weighted by Crippen LogP contribution is 2.13. The van der Waals surface area contributed by atoms with E-state index in [1.165, 1.54) is 11.3 Å². The third-order valence-corrected chi connectivity index (χ3v) is 3.95. The standard InChI is InChI=1S/C14H13N3OS/c15-11-3-1-10(2-4-11)5-7-17-9-16-12-6-8-19-13(12)14(17)18/h1-4,6,8-9H,5,7,15H2. The number of thiophene rings is 1. The maximum atomic E-state index is 12.2. The van der Waals surface area contributed by atoms with Gasteiger partial charge in [-0.2, -0.15) is 0 Å². The van der Waals surface area contributed by atoms with Gasteiger partial charge in [-0.3, -0.25) is 9.36 Å². The number of benzene rings is 1. The van der Waals surface area contributed by atoms with Gasteiger partial charge in [-0.05, 0) is 35.6 Å². The SMILES string of the molecule is Nc1ccc(CCn2cnc3ccsc3c2=O)cc1. The van der Waals surface area contributed by atoms with Crippen molar-refractivity contribution in [3.05, 3.63) is 58.0 Å². The monoisotopic (exact) mass is 271 g/mol. The van der Waals surface area contributed by atoms with Gasteiger partial charge in [0.15, 0.2) is 0 Å².